The molecule has 0 N–H and O–H groups in total. The molecule has 0 bridgehead atoms. The predicted octanol–water partition coefficient (Wildman–Crippen LogP) is 5.10. The first-order chi connectivity index (χ1) is 15.7. The highest BCUT2D eigenvalue weighted by Crippen LogP contribution is 2.28. The van der Waals surface area contributed by atoms with E-state index in [-0.39, 0.29) is 11.5 Å². The number of rotatable bonds is 6. The zero-order valence-electron chi connectivity index (χ0n) is 17.1. The summed E-state index contributed by atoms with van der Waals surface area (Å²) >= 11 is 0. The maximum absolute atomic E-state index is 12.5. The van der Waals surface area contributed by atoms with Gasteiger partial charge in [-0.05, 0) is 42.0 Å². The monoisotopic (exact) mass is 426 g/mol. The van der Waals surface area contributed by atoms with E-state index in [2.05, 4.69) is 10.1 Å². The zero-order chi connectivity index (χ0) is 21.9. The summed E-state index contributed by atoms with van der Waals surface area (Å²) in [6.45, 7) is 0.481. The largest absolute Gasteiger partial charge is 0.493 e. The molecule has 0 fully saturated rings. The molecule has 0 saturated carbocycles. The van der Waals surface area contributed by atoms with Gasteiger partial charge in [-0.25, -0.2) is 4.79 Å². The number of para-hydroxylation sites is 1. The molecule has 0 aliphatic heterocycles. The number of fused-ring (bicyclic) bond motifs is 1. The second-order valence-corrected chi connectivity index (χ2v) is 7.05. The molecule has 0 spiro atoms. The van der Waals surface area contributed by atoms with Crippen LogP contribution in [0, 0.1) is 0 Å². The Bertz CT molecular complexity index is 1420. The maximum atomic E-state index is 12.5. The molecule has 2 heterocycles. The molecule has 2 aromatic heterocycles. The molecule has 0 radical (unpaired) electrons. The van der Waals surface area contributed by atoms with Crippen LogP contribution in [0.15, 0.2) is 92.6 Å². The lowest BCUT2D eigenvalue weighted by Crippen LogP contribution is -2.03. The van der Waals surface area contributed by atoms with E-state index >= 15 is 0 Å². The van der Waals surface area contributed by atoms with Gasteiger partial charge in [-0.3, -0.25) is 0 Å². The Labute approximate surface area is 182 Å². The minimum atomic E-state index is -0.582. The number of ether oxygens (including phenoxy) is 2. The minimum absolute atomic E-state index is 0.0860. The molecule has 0 amide bonds. The third kappa shape index (κ3) is 3.83. The van der Waals surface area contributed by atoms with E-state index in [9.17, 15) is 4.79 Å². The van der Waals surface area contributed by atoms with Crippen molar-refractivity contribution < 1.29 is 18.4 Å². The first kappa shape index (κ1) is 19.6. The zero-order valence-corrected chi connectivity index (χ0v) is 17.1. The van der Waals surface area contributed by atoms with Gasteiger partial charge in [0.15, 0.2) is 11.3 Å². The van der Waals surface area contributed by atoms with Crippen LogP contribution in [-0.2, 0) is 6.61 Å². The molecule has 0 atom stereocenters. The minimum Gasteiger partial charge on any atom is -0.493 e. The Morgan fingerprint density at radius 1 is 0.938 bits per heavy atom. The Morgan fingerprint density at radius 2 is 1.75 bits per heavy atom. The van der Waals surface area contributed by atoms with Crippen LogP contribution in [0.3, 0.4) is 0 Å². The lowest BCUT2D eigenvalue weighted by molar-refractivity contribution is 0.306. The molecule has 7 nitrogen and oxygen atoms in total. The van der Waals surface area contributed by atoms with Crippen molar-refractivity contribution in [2.45, 2.75) is 6.61 Å². The first-order valence-electron chi connectivity index (χ1n) is 9.93. The SMILES string of the molecule is COc1cccc2cc(-c3nc(-c4ccc(OCc5ccccc5)cc4)no3)c(=O)oc12. The molecule has 158 valence electrons. The van der Waals surface area contributed by atoms with Crippen molar-refractivity contribution in [3.8, 4) is 34.3 Å². The highest BCUT2D eigenvalue weighted by molar-refractivity contribution is 5.85. The Morgan fingerprint density at radius 3 is 2.53 bits per heavy atom. The van der Waals surface area contributed by atoms with Gasteiger partial charge in [-0.2, -0.15) is 4.98 Å². The summed E-state index contributed by atoms with van der Waals surface area (Å²) in [6, 6.07) is 24.3. The molecule has 0 aliphatic rings. The molecule has 0 aliphatic carbocycles. The van der Waals surface area contributed by atoms with Crippen LogP contribution in [0.5, 0.6) is 11.5 Å². The number of nitrogens with zero attached hydrogens (tertiary/aromatic N) is 2. The van der Waals surface area contributed by atoms with Crippen molar-refractivity contribution >= 4 is 11.0 Å². The standard InChI is InChI=1S/C25H18N2O5/c1-29-21-9-5-8-18-14-20(25(28)31-22(18)21)24-26-23(27-32-24)17-10-12-19(13-11-17)30-15-16-6-3-2-4-7-16/h2-14H,15H2,1H3. The van der Waals surface area contributed by atoms with E-state index in [4.69, 9.17) is 18.4 Å². The lowest BCUT2D eigenvalue weighted by atomic mass is 10.1. The van der Waals surface area contributed by atoms with Gasteiger partial charge >= 0.3 is 5.63 Å². The summed E-state index contributed by atoms with van der Waals surface area (Å²) in [7, 11) is 1.52. The molecular weight excluding hydrogens is 408 g/mol. The lowest BCUT2D eigenvalue weighted by Gasteiger charge is -2.06. The summed E-state index contributed by atoms with van der Waals surface area (Å²) in [5.41, 5.74) is 1.80. The van der Waals surface area contributed by atoms with E-state index in [1.54, 1.807) is 12.1 Å². The molecule has 7 heteroatoms. The number of hydrogen-bond donors (Lipinski definition) is 0. The highest BCUT2D eigenvalue weighted by Gasteiger charge is 2.17. The molecule has 32 heavy (non-hydrogen) atoms. The van der Waals surface area contributed by atoms with Gasteiger partial charge in [-0.1, -0.05) is 47.6 Å². The van der Waals surface area contributed by atoms with Crippen LogP contribution >= 0.6 is 0 Å². The topological polar surface area (TPSA) is 87.6 Å². The van der Waals surface area contributed by atoms with Crippen molar-refractivity contribution in [1.29, 1.82) is 0 Å². The highest BCUT2D eigenvalue weighted by atomic mass is 16.5. The van der Waals surface area contributed by atoms with Gasteiger partial charge in [0.05, 0.1) is 7.11 Å². The molecule has 5 aromatic rings. The average Bonchev–Trinajstić information content (AvgIpc) is 3.33. The van der Waals surface area contributed by atoms with Crippen LogP contribution in [0.4, 0.5) is 0 Å². The number of aromatic nitrogens is 2. The molecule has 0 unspecified atom stereocenters. The van der Waals surface area contributed by atoms with Gasteiger partial charge < -0.3 is 18.4 Å². The summed E-state index contributed by atoms with van der Waals surface area (Å²) in [5, 5.41) is 4.70. The molecular formula is C25H18N2O5. The second-order valence-electron chi connectivity index (χ2n) is 7.05. The molecule has 5 rings (SSSR count). The van der Waals surface area contributed by atoms with Crippen molar-refractivity contribution in [3.63, 3.8) is 0 Å². The average molecular weight is 426 g/mol. The van der Waals surface area contributed by atoms with Crippen molar-refractivity contribution in [2.24, 2.45) is 0 Å². The fraction of sp³-hybridized carbons (Fsp3) is 0.0800. The fourth-order valence-electron chi connectivity index (χ4n) is 3.32. The van der Waals surface area contributed by atoms with Gasteiger partial charge in [-0.15, -0.1) is 0 Å². The Kier molecular flexibility index (Phi) is 5.13. The summed E-state index contributed by atoms with van der Waals surface area (Å²) in [6.07, 6.45) is 0. The van der Waals surface area contributed by atoms with Gasteiger partial charge in [0, 0.05) is 10.9 Å². The van der Waals surface area contributed by atoms with Crippen molar-refractivity contribution in [3.05, 3.63) is 94.8 Å². The normalized spacial score (nSPS) is 10.9. The van der Waals surface area contributed by atoms with E-state index < -0.39 is 5.63 Å². The molecule has 0 saturated heterocycles. The van der Waals surface area contributed by atoms with Crippen LogP contribution in [0.25, 0.3) is 33.8 Å². The third-order valence-corrected chi connectivity index (χ3v) is 4.96. The van der Waals surface area contributed by atoms with Gasteiger partial charge in [0.1, 0.15) is 17.9 Å². The summed E-state index contributed by atoms with van der Waals surface area (Å²) in [4.78, 5) is 16.9. The summed E-state index contributed by atoms with van der Waals surface area (Å²) in [5.74, 6) is 1.65. The van der Waals surface area contributed by atoms with Crippen molar-refractivity contribution in [2.75, 3.05) is 7.11 Å². The first-order valence-corrected chi connectivity index (χ1v) is 9.93. The van der Waals surface area contributed by atoms with Crippen LogP contribution < -0.4 is 15.1 Å². The number of benzene rings is 3. The Balaban J connectivity index is 1.38. The number of hydrogen-bond acceptors (Lipinski definition) is 7. The van der Waals surface area contributed by atoms with Crippen LogP contribution in [0.2, 0.25) is 0 Å². The second kappa shape index (κ2) is 8.39. The van der Waals surface area contributed by atoms with Crippen LogP contribution in [0.1, 0.15) is 5.56 Å². The van der Waals surface area contributed by atoms with E-state index in [1.807, 2.05) is 66.7 Å². The number of methoxy groups -OCH3 is 1. The van der Waals surface area contributed by atoms with Gasteiger partial charge in [0.2, 0.25) is 5.82 Å². The quantitative estimate of drug-likeness (QED) is 0.349. The predicted molar refractivity (Wildman–Crippen MR) is 119 cm³/mol. The van der Waals surface area contributed by atoms with E-state index in [0.717, 1.165) is 16.9 Å². The maximum Gasteiger partial charge on any atom is 0.349 e. The summed E-state index contributed by atoms with van der Waals surface area (Å²) < 4.78 is 21.8. The van der Waals surface area contributed by atoms with E-state index in [0.29, 0.717) is 29.2 Å². The third-order valence-electron chi connectivity index (χ3n) is 4.96. The Hall–Kier alpha value is -4.39. The van der Waals surface area contributed by atoms with Gasteiger partial charge in [0.25, 0.3) is 5.89 Å². The fourth-order valence-corrected chi connectivity index (χ4v) is 3.32. The molecule has 3 aromatic carbocycles. The van der Waals surface area contributed by atoms with Crippen LogP contribution in [-0.4, -0.2) is 17.3 Å². The van der Waals surface area contributed by atoms with Crippen molar-refractivity contribution in [1.82, 2.24) is 10.1 Å². The smallest absolute Gasteiger partial charge is 0.349 e. The van der Waals surface area contributed by atoms with E-state index in [1.165, 1.54) is 7.11 Å².